The van der Waals surface area contributed by atoms with E-state index >= 15 is 0 Å². The van der Waals surface area contributed by atoms with Crippen molar-refractivity contribution in [1.82, 2.24) is 24.6 Å². The molecular formula is C17H17ClN6OS2. The van der Waals surface area contributed by atoms with E-state index < -0.39 is 0 Å². The van der Waals surface area contributed by atoms with Gasteiger partial charge in [-0.1, -0.05) is 29.4 Å². The number of nitrogens with zero attached hydrogens (tertiary/aromatic N) is 6. The molecule has 3 heterocycles. The quantitative estimate of drug-likeness (QED) is 0.591. The molecule has 1 fully saturated rings. The molecule has 10 heteroatoms. The Kier molecular flexibility index (Phi) is 5.61. The molecule has 140 valence electrons. The van der Waals surface area contributed by atoms with Crippen molar-refractivity contribution >= 4 is 45.7 Å². The van der Waals surface area contributed by atoms with Crippen molar-refractivity contribution < 1.29 is 4.79 Å². The van der Waals surface area contributed by atoms with Gasteiger partial charge in [0.1, 0.15) is 6.33 Å². The van der Waals surface area contributed by atoms with Gasteiger partial charge in [0.15, 0.2) is 10.3 Å². The molecule has 0 spiro atoms. The highest BCUT2D eigenvalue weighted by Gasteiger charge is 2.23. The van der Waals surface area contributed by atoms with Crippen molar-refractivity contribution in [3.8, 4) is 5.69 Å². The van der Waals surface area contributed by atoms with E-state index in [1.165, 1.54) is 11.8 Å². The van der Waals surface area contributed by atoms with Gasteiger partial charge in [-0.25, -0.2) is 4.98 Å². The molecular weight excluding hydrogens is 404 g/mol. The van der Waals surface area contributed by atoms with Crippen LogP contribution in [0.25, 0.3) is 5.69 Å². The molecule has 1 aliphatic rings. The second-order valence-electron chi connectivity index (χ2n) is 5.93. The first-order valence-corrected chi connectivity index (χ1v) is 10.7. The highest BCUT2D eigenvalue weighted by Crippen LogP contribution is 2.23. The molecule has 4 rings (SSSR count). The van der Waals surface area contributed by atoms with Gasteiger partial charge in [-0.15, -0.1) is 21.5 Å². The minimum Gasteiger partial charge on any atom is -0.345 e. The molecule has 0 bridgehead atoms. The topological polar surface area (TPSA) is 67.2 Å². The average Bonchev–Trinajstić information content (AvgIpc) is 3.38. The number of carbonyl (C=O) groups is 1. The third kappa shape index (κ3) is 4.26. The monoisotopic (exact) mass is 420 g/mol. The Morgan fingerprint density at radius 3 is 2.85 bits per heavy atom. The number of aromatic nitrogens is 4. The number of piperazine rings is 1. The predicted molar refractivity (Wildman–Crippen MR) is 108 cm³/mol. The minimum absolute atomic E-state index is 0.111. The fourth-order valence-corrected chi connectivity index (χ4v) is 4.58. The number of anilines is 1. The Bertz CT molecular complexity index is 908. The summed E-state index contributed by atoms with van der Waals surface area (Å²) in [7, 11) is 0. The fourth-order valence-electron chi connectivity index (χ4n) is 2.86. The maximum absolute atomic E-state index is 12.6. The molecule has 3 aromatic rings. The van der Waals surface area contributed by atoms with Crippen molar-refractivity contribution in [2.75, 3.05) is 36.8 Å². The Hall–Kier alpha value is -2.10. The number of rotatable bonds is 5. The normalized spacial score (nSPS) is 14.6. The molecule has 2 aromatic heterocycles. The lowest BCUT2D eigenvalue weighted by Gasteiger charge is -2.34. The molecule has 27 heavy (non-hydrogen) atoms. The zero-order chi connectivity index (χ0) is 18.6. The van der Waals surface area contributed by atoms with E-state index in [4.69, 9.17) is 11.6 Å². The Morgan fingerprint density at radius 1 is 1.26 bits per heavy atom. The van der Waals surface area contributed by atoms with Crippen molar-refractivity contribution in [1.29, 1.82) is 0 Å². The highest BCUT2D eigenvalue weighted by molar-refractivity contribution is 7.99. The number of hydrogen-bond acceptors (Lipinski definition) is 7. The summed E-state index contributed by atoms with van der Waals surface area (Å²) in [5.41, 5.74) is 0.875. The van der Waals surface area contributed by atoms with E-state index in [1.807, 2.05) is 45.3 Å². The maximum atomic E-state index is 12.6. The van der Waals surface area contributed by atoms with Crippen LogP contribution in [-0.2, 0) is 4.79 Å². The maximum Gasteiger partial charge on any atom is 0.233 e. The third-order valence-corrected chi connectivity index (χ3v) is 6.24. The van der Waals surface area contributed by atoms with Gasteiger partial charge in [-0.3, -0.25) is 9.36 Å². The molecule has 1 amide bonds. The molecule has 0 unspecified atom stereocenters. The van der Waals surface area contributed by atoms with Gasteiger partial charge in [0, 0.05) is 42.8 Å². The van der Waals surface area contributed by atoms with Crippen LogP contribution in [0.3, 0.4) is 0 Å². The summed E-state index contributed by atoms with van der Waals surface area (Å²) in [6.07, 6.45) is 3.44. The Morgan fingerprint density at radius 2 is 2.11 bits per heavy atom. The van der Waals surface area contributed by atoms with Crippen LogP contribution in [-0.4, -0.2) is 62.5 Å². The van der Waals surface area contributed by atoms with E-state index in [2.05, 4.69) is 20.1 Å². The summed E-state index contributed by atoms with van der Waals surface area (Å²) in [5, 5.41) is 12.4. The summed E-state index contributed by atoms with van der Waals surface area (Å²) in [6, 6.07) is 7.46. The number of halogens is 1. The smallest absolute Gasteiger partial charge is 0.233 e. The lowest BCUT2D eigenvalue weighted by molar-refractivity contribution is -0.128. The molecule has 1 saturated heterocycles. The van der Waals surface area contributed by atoms with Gasteiger partial charge in [-0.05, 0) is 18.2 Å². The van der Waals surface area contributed by atoms with Crippen LogP contribution in [0.5, 0.6) is 0 Å². The molecule has 0 saturated carbocycles. The van der Waals surface area contributed by atoms with Crippen LogP contribution in [0.2, 0.25) is 5.02 Å². The van der Waals surface area contributed by atoms with Crippen LogP contribution in [0.15, 0.2) is 47.3 Å². The number of benzene rings is 1. The van der Waals surface area contributed by atoms with Crippen LogP contribution in [0, 0.1) is 0 Å². The molecule has 0 atom stereocenters. The van der Waals surface area contributed by atoms with E-state index in [-0.39, 0.29) is 5.91 Å². The van der Waals surface area contributed by atoms with Crippen molar-refractivity contribution in [3.63, 3.8) is 0 Å². The molecule has 1 aliphatic heterocycles. The van der Waals surface area contributed by atoms with E-state index in [1.54, 1.807) is 17.7 Å². The van der Waals surface area contributed by atoms with E-state index in [0.717, 1.165) is 23.9 Å². The first kappa shape index (κ1) is 18.3. The summed E-state index contributed by atoms with van der Waals surface area (Å²) in [5.74, 6) is 0.440. The highest BCUT2D eigenvalue weighted by atomic mass is 35.5. The predicted octanol–water partition coefficient (Wildman–Crippen LogP) is 2.82. The standard InChI is InChI=1S/C17H17ClN6OS2/c18-13-2-1-3-14(10-13)24-12-20-21-17(24)27-11-15(25)22-5-7-23(8-6-22)16-19-4-9-26-16/h1-4,9-10,12H,5-8,11H2. The largest absolute Gasteiger partial charge is 0.345 e. The van der Waals surface area contributed by atoms with Crippen LogP contribution in [0.1, 0.15) is 0 Å². The van der Waals surface area contributed by atoms with E-state index in [0.29, 0.717) is 29.0 Å². The first-order chi connectivity index (χ1) is 13.2. The summed E-state index contributed by atoms with van der Waals surface area (Å²) in [6.45, 7) is 3.03. The van der Waals surface area contributed by atoms with Crippen molar-refractivity contribution in [2.45, 2.75) is 5.16 Å². The van der Waals surface area contributed by atoms with E-state index in [9.17, 15) is 4.79 Å². The first-order valence-electron chi connectivity index (χ1n) is 8.42. The fraction of sp³-hybridized carbons (Fsp3) is 0.294. The third-order valence-electron chi connectivity index (χ3n) is 4.25. The zero-order valence-corrected chi connectivity index (χ0v) is 16.8. The zero-order valence-electron chi connectivity index (χ0n) is 14.4. The minimum atomic E-state index is 0.111. The molecule has 0 aliphatic carbocycles. The number of hydrogen-bond donors (Lipinski definition) is 0. The van der Waals surface area contributed by atoms with Crippen LogP contribution >= 0.6 is 34.7 Å². The molecule has 0 N–H and O–H groups in total. The van der Waals surface area contributed by atoms with Gasteiger partial charge in [0.25, 0.3) is 0 Å². The lowest BCUT2D eigenvalue weighted by atomic mass is 10.3. The number of thiazole rings is 1. The second-order valence-corrected chi connectivity index (χ2v) is 8.19. The van der Waals surface area contributed by atoms with Gasteiger partial charge in [0.2, 0.25) is 5.91 Å². The Labute approximate surface area is 170 Å². The molecule has 1 aromatic carbocycles. The van der Waals surface area contributed by atoms with Crippen molar-refractivity contribution in [3.05, 3.63) is 47.2 Å². The Balaban J connectivity index is 1.33. The van der Waals surface area contributed by atoms with Crippen LogP contribution in [0.4, 0.5) is 5.13 Å². The van der Waals surface area contributed by atoms with Gasteiger partial charge in [0.05, 0.1) is 11.4 Å². The van der Waals surface area contributed by atoms with Gasteiger partial charge in [-0.2, -0.15) is 0 Å². The van der Waals surface area contributed by atoms with Gasteiger partial charge < -0.3 is 9.80 Å². The lowest BCUT2D eigenvalue weighted by Crippen LogP contribution is -2.49. The number of carbonyl (C=O) groups excluding carboxylic acids is 1. The summed E-state index contributed by atoms with van der Waals surface area (Å²) < 4.78 is 1.84. The molecule has 0 radical (unpaired) electrons. The number of thioether (sulfide) groups is 1. The summed E-state index contributed by atoms with van der Waals surface area (Å²) in [4.78, 5) is 21.0. The van der Waals surface area contributed by atoms with Gasteiger partial charge >= 0.3 is 0 Å². The van der Waals surface area contributed by atoms with Crippen LogP contribution < -0.4 is 4.90 Å². The van der Waals surface area contributed by atoms with Crippen molar-refractivity contribution in [2.24, 2.45) is 0 Å². The summed E-state index contributed by atoms with van der Waals surface area (Å²) >= 11 is 9.08. The SMILES string of the molecule is O=C(CSc1nncn1-c1cccc(Cl)c1)N1CCN(c2nccs2)CC1. The molecule has 7 nitrogen and oxygen atoms in total. The second kappa shape index (κ2) is 8.28. The average molecular weight is 421 g/mol. The number of amides is 1.